The van der Waals surface area contributed by atoms with Gasteiger partial charge < -0.3 is 10.4 Å². The highest BCUT2D eigenvalue weighted by Gasteiger charge is 2.20. The van der Waals surface area contributed by atoms with Gasteiger partial charge in [-0.2, -0.15) is 5.10 Å². The first-order valence-electron chi connectivity index (χ1n) is 13.1. The van der Waals surface area contributed by atoms with Crippen molar-refractivity contribution in [1.29, 1.82) is 0 Å². The van der Waals surface area contributed by atoms with Crippen LogP contribution in [-0.2, 0) is 10.2 Å². The molecule has 2 aromatic carbocycles. The first-order valence-corrected chi connectivity index (χ1v) is 13.1. The number of aliphatic carboxylic acids is 1. The minimum Gasteiger partial charge on any atom is -0.481 e. The van der Waals surface area contributed by atoms with Crippen LogP contribution in [0, 0.1) is 5.92 Å². The summed E-state index contributed by atoms with van der Waals surface area (Å²) in [6.07, 6.45) is 4.36. The number of nitrogens with zero attached hydrogens (tertiary/aromatic N) is 3. The number of hydrogen-bond donors (Lipinski definition) is 2. The van der Waals surface area contributed by atoms with Crippen molar-refractivity contribution >= 4 is 22.8 Å². The monoisotopic (exact) mass is 512 g/mol. The lowest BCUT2D eigenvalue weighted by molar-refractivity contribution is -0.136. The van der Waals surface area contributed by atoms with Crippen LogP contribution in [0.25, 0.3) is 22.0 Å². The van der Waals surface area contributed by atoms with Crippen molar-refractivity contribution in [3.05, 3.63) is 83.8 Å². The molecule has 1 amide bonds. The van der Waals surface area contributed by atoms with Crippen LogP contribution in [-0.4, -0.2) is 38.3 Å². The Hall–Kier alpha value is -4.00. The number of carboxylic acid groups (broad SMARTS) is 1. The largest absolute Gasteiger partial charge is 0.481 e. The summed E-state index contributed by atoms with van der Waals surface area (Å²) in [5, 5.41) is 17.2. The highest BCUT2D eigenvalue weighted by molar-refractivity contribution is 5.92. The summed E-state index contributed by atoms with van der Waals surface area (Å²) < 4.78 is 2.05. The number of amides is 1. The van der Waals surface area contributed by atoms with E-state index in [1.807, 2.05) is 16.9 Å². The number of pyridine rings is 1. The van der Waals surface area contributed by atoms with E-state index in [9.17, 15) is 9.59 Å². The van der Waals surface area contributed by atoms with Crippen LogP contribution in [0.1, 0.15) is 75.1 Å². The Bertz CT molecular complexity index is 1410. The zero-order chi connectivity index (χ0) is 27.4. The highest BCUT2D eigenvalue weighted by atomic mass is 16.4. The van der Waals surface area contributed by atoms with Gasteiger partial charge in [-0.3, -0.25) is 19.3 Å². The summed E-state index contributed by atoms with van der Waals surface area (Å²) in [5.41, 5.74) is 6.02. The molecule has 0 aliphatic carbocycles. The van der Waals surface area contributed by atoms with E-state index in [1.54, 1.807) is 12.3 Å². The molecule has 0 spiro atoms. The molecule has 0 aliphatic heterocycles. The van der Waals surface area contributed by atoms with E-state index in [0.29, 0.717) is 5.92 Å². The fraction of sp³-hybridized carbons (Fsp3) is 0.355. The summed E-state index contributed by atoms with van der Waals surface area (Å²) in [4.78, 5) is 27.4. The second-order valence-corrected chi connectivity index (χ2v) is 11.2. The number of benzene rings is 2. The molecule has 7 nitrogen and oxygen atoms in total. The molecule has 4 aromatic rings. The van der Waals surface area contributed by atoms with E-state index >= 15 is 0 Å². The Morgan fingerprint density at radius 2 is 1.68 bits per heavy atom. The Morgan fingerprint density at radius 1 is 0.974 bits per heavy atom. The summed E-state index contributed by atoms with van der Waals surface area (Å²) >= 11 is 0. The SMILES string of the molecule is CC(C)CC(c1ccc(C(=O)NCCC(=O)O)nc1)n1ncc2cc(-c3ccc(C(C)(C)C)cc3)ccc21. The van der Waals surface area contributed by atoms with Gasteiger partial charge in [0, 0.05) is 18.1 Å². The van der Waals surface area contributed by atoms with Crippen LogP contribution in [0.3, 0.4) is 0 Å². The van der Waals surface area contributed by atoms with Crippen molar-refractivity contribution in [2.24, 2.45) is 5.92 Å². The van der Waals surface area contributed by atoms with Crippen LogP contribution in [0.15, 0.2) is 67.0 Å². The Labute approximate surface area is 223 Å². The second-order valence-electron chi connectivity index (χ2n) is 11.2. The predicted octanol–water partition coefficient (Wildman–Crippen LogP) is 6.24. The molecule has 2 heterocycles. The van der Waals surface area contributed by atoms with Gasteiger partial charge in [0.1, 0.15) is 5.69 Å². The van der Waals surface area contributed by atoms with Crippen molar-refractivity contribution in [2.75, 3.05) is 6.54 Å². The molecule has 38 heavy (non-hydrogen) atoms. The molecule has 0 bridgehead atoms. The lowest BCUT2D eigenvalue weighted by atomic mass is 9.86. The van der Waals surface area contributed by atoms with Gasteiger partial charge in [0.15, 0.2) is 0 Å². The number of nitrogens with one attached hydrogen (secondary N) is 1. The first-order chi connectivity index (χ1) is 18.0. The summed E-state index contributed by atoms with van der Waals surface area (Å²) in [6, 6.07) is 18.8. The van der Waals surface area contributed by atoms with Gasteiger partial charge in [0.25, 0.3) is 5.91 Å². The highest BCUT2D eigenvalue weighted by Crippen LogP contribution is 2.32. The third kappa shape index (κ3) is 6.28. The van der Waals surface area contributed by atoms with Crippen molar-refractivity contribution in [2.45, 2.75) is 58.9 Å². The smallest absolute Gasteiger partial charge is 0.305 e. The minimum absolute atomic E-state index is 0.0407. The number of carboxylic acids is 1. The third-order valence-corrected chi connectivity index (χ3v) is 6.70. The van der Waals surface area contributed by atoms with E-state index in [4.69, 9.17) is 10.2 Å². The molecule has 0 aliphatic rings. The van der Waals surface area contributed by atoms with E-state index in [2.05, 4.69) is 87.4 Å². The number of carbonyl (C=O) groups is 2. The fourth-order valence-corrected chi connectivity index (χ4v) is 4.58. The molecule has 2 aromatic heterocycles. The lowest BCUT2D eigenvalue weighted by Gasteiger charge is -2.21. The number of hydrogen-bond acceptors (Lipinski definition) is 4. The molecule has 198 valence electrons. The maximum Gasteiger partial charge on any atom is 0.305 e. The van der Waals surface area contributed by atoms with Crippen LogP contribution >= 0.6 is 0 Å². The molecule has 1 unspecified atom stereocenters. The fourth-order valence-electron chi connectivity index (χ4n) is 4.58. The average molecular weight is 513 g/mol. The number of fused-ring (bicyclic) bond motifs is 1. The zero-order valence-corrected chi connectivity index (χ0v) is 22.7. The molecule has 1 atom stereocenters. The van der Waals surface area contributed by atoms with E-state index in [1.165, 1.54) is 11.1 Å². The van der Waals surface area contributed by atoms with E-state index < -0.39 is 5.97 Å². The Kier molecular flexibility index (Phi) is 7.95. The van der Waals surface area contributed by atoms with Crippen LogP contribution in [0.4, 0.5) is 0 Å². The average Bonchev–Trinajstić information content (AvgIpc) is 3.29. The number of rotatable bonds is 9. The lowest BCUT2D eigenvalue weighted by Crippen LogP contribution is -2.27. The molecule has 0 saturated carbocycles. The van der Waals surface area contributed by atoms with E-state index in [0.717, 1.165) is 28.5 Å². The van der Waals surface area contributed by atoms with Crippen LogP contribution < -0.4 is 5.32 Å². The van der Waals surface area contributed by atoms with Crippen molar-refractivity contribution < 1.29 is 14.7 Å². The maximum absolute atomic E-state index is 12.3. The third-order valence-electron chi connectivity index (χ3n) is 6.70. The van der Waals surface area contributed by atoms with Crippen LogP contribution in [0.2, 0.25) is 0 Å². The molecular formula is C31H36N4O3. The standard InChI is InChI=1S/C31H36N4O3/c1-20(2)16-28(23-8-12-26(33-18-23)30(38)32-15-14-29(36)37)35-27-13-9-22(17-24(27)19-34-35)21-6-10-25(11-7-21)31(3,4)5/h6-13,17-20,28H,14-16H2,1-5H3,(H,32,38)(H,36,37). The topological polar surface area (TPSA) is 97.1 Å². The normalized spacial score (nSPS) is 12.6. The van der Waals surface area contributed by atoms with Gasteiger partial charge in [0.2, 0.25) is 0 Å². The van der Waals surface area contributed by atoms with Crippen LogP contribution in [0.5, 0.6) is 0 Å². The molecule has 4 rings (SSSR count). The van der Waals surface area contributed by atoms with Crippen molar-refractivity contribution in [3.63, 3.8) is 0 Å². The summed E-state index contributed by atoms with van der Waals surface area (Å²) in [7, 11) is 0. The summed E-state index contributed by atoms with van der Waals surface area (Å²) in [6.45, 7) is 11.1. The molecule has 7 heteroatoms. The Balaban J connectivity index is 1.60. The van der Waals surface area contributed by atoms with Gasteiger partial charge in [0.05, 0.1) is 24.2 Å². The quantitative estimate of drug-likeness (QED) is 0.277. The zero-order valence-electron chi connectivity index (χ0n) is 22.7. The van der Waals surface area contributed by atoms with Gasteiger partial charge in [-0.25, -0.2) is 0 Å². The second kappa shape index (κ2) is 11.2. The van der Waals surface area contributed by atoms with Crippen molar-refractivity contribution in [3.8, 4) is 11.1 Å². The minimum atomic E-state index is -0.956. The predicted molar refractivity (Wildman–Crippen MR) is 150 cm³/mol. The molecule has 2 N–H and O–H groups in total. The first kappa shape index (κ1) is 27.0. The van der Waals surface area contributed by atoms with Gasteiger partial charge >= 0.3 is 5.97 Å². The van der Waals surface area contributed by atoms with Gasteiger partial charge in [-0.15, -0.1) is 0 Å². The number of carbonyl (C=O) groups excluding carboxylic acids is 1. The summed E-state index contributed by atoms with van der Waals surface area (Å²) in [5.74, 6) is -0.924. The molecule has 0 radical (unpaired) electrons. The molecule has 0 saturated heterocycles. The molecular weight excluding hydrogens is 476 g/mol. The molecule has 0 fully saturated rings. The van der Waals surface area contributed by atoms with Gasteiger partial charge in [-0.05, 0) is 58.2 Å². The maximum atomic E-state index is 12.3. The number of aromatic nitrogens is 3. The van der Waals surface area contributed by atoms with Crippen molar-refractivity contribution in [1.82, 2.24) is 20.1 Å². The van der Waals surface area contributed by atoms with Gasteiger partial charge in [-0.1, -0.05) is 71.0 Å². The van der Waals surface area contributed by atoms with E-state index in [-0.39, 0.29) is 36.0 Å². The Morgan fingerprint density at radius 3 is 2.29 bits per heavy atom.